The highest BCUT2D eigenvalue weighted by molar-refractivity contribution is 5.13. The lowest BCUT2D eigenvalue weighted by Crippen LogP contribution is -2.22. The maximum atomic E-state index is 2.55. The summed E-state index contributed by atoms with van der Waals surface area (Å²) < 4.78 is 0. The topological polar surface area (TPSA) is 0 Å². The zero-order valence-electron chi connectivity index (χ0n) is 8.86. The monoisotopic (exact) mass is 188 g/mol. The first-order valence-electron chi connectivity index (χ1n) is 6.60. The zero-order chi connectivity index (χ0) is 9.12. The van der Waals surface area contributed by atoms with Gasteiger partial charge in [0.2, 0.25) is 0 Å². The van der Waals surface area contributed by atoms with Crippen LogP contribution in [0.15, 0.2) is 12.2 Å². The van der Waals surface area contributed by atoms with Crippen LogP contribution in [0.3, 0.4) is 0 Å². The average molecular weight is 188 g/mol. The van der Waals surface area contributed by atoms with Crippen LogP contribution < -0.4 is 0 Å². The molecule has 0 heteroatoms. The largest absolute Gasteiger partial charge is 0.0851 e. The van der Waals surface area contributed by atoms with Crippen LogP contribution in [0.5, 0.6) is 0 Å². The predicted molar refractivity (Wildman–Crippen MR) is 57.8 cm³/mol. The van der Waals surface area contributed by atoms with Crippen LogP contribution in [0, 0.1) is 35.5 Å². The summed E-state index contributed by atoms with van der Waals surface area (Å²) in [7, 11) is 0. The quantitative estimate of drug-likeness (QED) is 0.551. The number of fused-ring (bicyclic) bond motifs is 4. The Balaban J connectivity index is 1.62. The molecule has 0 nitrogen and oxygen atoms in total. The highest BCUT2D eigenvalue weighted by atomic mass is 14.5. The van der Waals surface area contributed by atoms with Crippen LogP contribution in [0.1, 0.15) is 38.5 Å². The second-order valence-corrected chi connectivity index (χ2v) is 6.20. The third-order valence-corrected chi connectivity index (χ3v) is 5.73. The molecule has 0 radical (unpaired) electrons. The summed E-state index contributed by atoms with van der Waals surface area (Å²) in [6, 6.07) is 0. The van der Waals surface area contributed by atoms with Gasteiger partial charge in [-0.25, -0.2) is 0 Å². The summed E-state index contributed by atoms with van der Waals surface area (Å²) in [5.74, 6) is 6.58. The molecule has 0 N–H and O–H groups in total. The van der Waals surface area contributed by atoms with Gasteiger partial charge in [0.05, 0.1) is 0 Å². The molecule has 3 saturated carbocycles. The van der Waals surface area contributed by atoms with Crippen molar-refractivity contribution in [2.24, 2.45) is 35.5 Å². The highest BCUT2D eigenvalue weighted by Gasteiger charge is 2.50. The van der Waals surface area contributed by atoms with Crippen molar-refractivity contribution in [1.82, 2.24) is 0 Å². The summed E-state index contributed by atoms with van der Waals surface area (Å²) in [6.45, 7) is 0. The maximum absolute atomic E-state index is 2.55. The Morgan fingerprint density at radius 1 is 0.786 bits per heavy atom. The third-order valence-electron chi connectivity index (χ3n) is 5.73. The lowest BCUT2D eigenvalue weighted by molar-refractivity contribution is 0.225. The molecule has 14 heavy (non-hydrogen) atoms. The SMILES string of the molecule is C1=CC2CC1CC2C1C2CCC1CC2. The predicted octanol–water partition coefficient (Wildman–Crippen LogP) is 3.63. The lowest BCUT2D eigenvalue weighted by atomic mass is 9.76. The molecule has 0 saturated heterocycles. The molecule has 0 heterocycles. The Labute approximate surface area is 86.8 Å². The molecule has 0 aromatic heterocycles. The summed E-state index contributed by atoms with van der Waals surface area (Å²) in [5.41, 5.74) is 0. The van der Waals surface area contributed by atoms with Crippen molar-refractivity contribution in [2.45, 2.75) is 38.5 Å². The van der Waals surface area contributed by atoms with E-state index < -0.39 is 0 Å². The van der Waals surface area contributed by atoms with Crippen LogP contribution >= 0.6 is 0 Å². The van der Waals surface area contributed by atoms with Gasteiger partial charge in [0.15, 0.2) is 0 Å². The van der Waals surface area contributed by atoms with Crippen LogP contribution in [0.2, 0.25) is 0 Å². The standard InChI is InChI=1S/C14H20/c1-2-12-7-9(1)8-13(12)14-10-3-4-11(14)6-5-10/h1-2,9-14H,3-8H2. The normalized spacial score (nSPS) is 58.9. The summed E-state index contributed by atoms with van der Waals surface area (Å²) in [5, 5.41) is 0. The molecule has 0 aromatic carbocycles. The molecule has 4 aliphatic rings. The minimum Gasteiger partial charge on any atom is -0.0851 e. The van der Waals surface area contributed by atoms with Crippen LogP contribution in [-0.4, -0.2) is 0 Å². The molecule has 76 valence electrons. The Hall–Kier alpha value is -0.260. The van der Waals surface area contributed by atoms with E-state index in [0.29, 0.717) is 0 Å². The summed E-state index contributed by atoms with van der Waals surface area (Å²) >= 11 is 0. The van der Waals surface area contributed by atoms with Crippen molar-refractivity contribution < 1.29 is 0 Å². The van der Waals surface area contributed by atoms with Crippen LogP contribution in [0.25, 0.3) is 0 Å². The fraction of sp³-hybridized carbons (Fsp3) is 0.857. The molecule has 4 rings (SSSR count). The molecule has 0 aromatic rings. The zero-order valence-corrected chi connectivity index (χ0v) is 8.86. The second-order valence-electron chi connectivity index (χ2n) is 6.20. The first-order chi connectivity index (χ1) is 6.92. The fourth-order valence-electron chi connectivity index (χ4n) is 5.26. The summed E-state index contributed by atoms with van der Waals surface area (Å²) in [4.78, 5) is 0. The van der Waals surface area contributed by atoms with Gasteiger partial charge in [0, 0.05) is 0 Å². The van der Waals surface area contributed by atoms with E-state index >= 15 is 0 Å². The van der Waals surface area contributed by atoms with Gasteiger partial charge in [-0.3, -0.25) is 0 Å². The van der Waals surface area contributed by atoms with Crippen LogP contribution in [0.4, 0.5) is 0 Å². The fourth-order valence-corrected chi connectivity index (χ4v) is 5.26. The molecule has 3 atom stereocenters. The van der Waals surface area contributed by atoms with Crippen molar-refractivity contribution in [3.05, 3.63) is 12.2 Å². The van der Waals surface area contributed by atoms with Gasteiger partial charge in [0.25, 0.3) is 0 Å². The molecule has 3 unspecified atom stereocenters. The molecule has 3 fully saturated rings. The van der Waals surface area contributed by atoms with Gasteiger partial charge in [-0.2, -0.15) is 0 Å². The molecular weight excluding hydrogens is 168 g/mol. The first kappa shape index (κ1) is 7.96. The highest BCUT2D eigenvalue weighted by Crippen LogP contribution is 2.59. The van der Waals surface area contributed by atoms with Crippen molar-refractivity contribution in [3.8, 4) is 0 Å². The molecular formula is C14H20. The van der Waals surface area contributed by atoms with Gasteiger partial charge in [0.1, 0.15) is 0 Å². The third kappa shape index (κ3) is 0.902. The van der Waals surface area contributed by atoms with E-state index in [0.717, 1.165) is 35.5 Å². The molecule has 0 spiro atoms. The minimum absolute atomic E-state index is 0.991. The first-order valence-corrected chi connectivity index (χ1v) is 6.60. The van der Waals surface area contributed by atoms with Gasteiger partial charge < -0.3 is 0 Å². The van der Waals surface area contributed by atoms with E-state index in [1.54, 1.807) is 32.1 Å². The average Bonchev–Trinajstić information content (AvgIpc) is 2.96. The van der Waals surface area contributed by atoms with Gasteiger partial charge in [-0.15, -0.1) is 0 Å². The Bertz CT molecular complexity index is 258. The van der Waals surface area contributed by atoms with E-state index in [1.807, 2.05) is 0 Å². The minimum atomic E-state index is 0.991. The van der Waals surface area contributed by atoms with Gasteiger partial charge >= 0.3 is 0 Å². The lowest BCUT2D eigenvalue weighted by Gasteiger charge is -2.28. The summed E-state index contributed by atoms with van der Waals surface area (Å²) in [6.07, 6.45) is 14.4. The van der Waals surface area contributed by atoms with Crippen molar-refractivity contribution in [2.75, 3.05) is 0 Å². The van der Waals surface area contributed by atoms with E-state index in [1.165, 1.54) is 6.42 Å². The van der Waals surface area contributed by atoms with E-state index in [4.69, 9.17) is 0 Å². The van der Waals surface area contributed by atoms with Crippen molar-refractivity contribution in [1.29, 1.82) is 0 Å². The van der Waals surface area contributed by atoms with Crippen molar-refractivity contribution in [3.63, 3.8) is 0 Å². The Morgan fingerprint density at radius 2 is 1.50 bits per heavy atom. The number of rotatable bonds is 1. The van der Waals surface area contributed by atoms with E-state index in [2.05, 4.69) is 12.2 Å². The molecule has 0 aliphatic heterocycles. The van der Waals surface area contributed by atoms with Crippen LogP contribution in [-0.2, 0) is 0 Å². The molecule has 4 bridgehead atoms. The smallest absolute Gasteiger partial charge is 0.0196 e. The number of hydrogen-bond donors (Lipinski definition) is 0. The Kier molecular flexibility index (Phi) is 1.51. The molecule has 4 aliphatic carbocycles. The van der Waals surface area contributed by atoms with E-state index in [9.17, 15) is 0 Å². The van der Waals surface area contributed by atoms with Gasteiger partial charge in [-0.05, 0) is 74.0 Å². The maximum Gasteiger partial charge on any atom is -0.0196 e. The number of hydrogen-bond acceptors (Lipinski definition) is 0. The van der Waals surface area contributed by atoms with E-state index in [-0.39, 0.29) is 0 Å². The van der Waals surface area contributed by atoms with Gasteiger partial charge in [-0.1, -0.05) is 12.2 Å². The number of allylic oxidation sites excluding steroid dienone is 2. The van der Waals surface area contributed by atoms with Crippen molar-refractivity contribution >= 4 is 0 Å². The Morgan fingerprint density at radius 3 is 2.00 bits per heavy atom. The molecule has 0 amide bonds. The second kappa shape index (κ2) is 2.65.